The smallest absolute Gasteiger partial charge is 0.462 e. The standard InChI is InChI=1S/C44H81O13P/c1-3-5-7-9-11-13-15-17-19-21-23-25-27-29-31-33-38(46)56-36(35-55-58(52,53)57-44-42(50)40(48)39(47)41(49)43(44)51)34-54-37(45)32-30-28-26-24-22-20-18-16-14-12-10-8-6-4-2/h13,15-16,18,36,39-44,47-51H,3-12,14,17,19-35H2,1-2H3,(H,52,53)/b15-13+,18-16+/t36-,39?,40+,41?,42?,43?,44?/m1/s1. The van der Waals surface area contributed by atoms with Gasteiger partial charge in [-0.3, -0.25) is 18.6 Å². The molecule has 0 aromatic heterocycles. The molecule has 0 aliphatic heterocycles. The number of hydrogen-bond donors (Lipinski definition) is 6. The van der Waals surface area contributed by atoms with Gasteiger partial charge in [0.2, 0.25) is 0 Å². The van der Waals surface area contributed by atoms with Crippen LogP contribution in [0.4, 0.5) is 0 Å². The molecular formula is C44H81O13P. The summed E-state index contributed by atoms with van der Waals surface area (Å²) in [7, 11) is -5.12. The Morgan fingerprint density at radius 1 is 0.517 bits per heavy atom. The predicted octanol–water partition coefficient (Wildman–Crippen LogP) is 8.45. The van der Waals surface area contributed by atoms with E-state index < -0.39 is 75.7 Å². The highest BCUT2D eigenvalue weighted by Crippen LogP contribution is 2.47. The van der Waals surface area contributed by atoms with Crippen molar-refractivity contribution in [3.63, 3.8) is 0 Å². The molecule has 8 atom stereocenters. The summed E-state index contributed by atoms with van der Waals surface area (Å²) in [6, 6.07) is 0. The second kappa shape index (κ2) is 35.0. The Balaban J connectivity index is 2.48. The van der Waals surface area contributed by atoms with E-state index in [2.05, 4.69) is 38.2 Å². The third-order valence-corrected chi connectivity index (χ3v) is 11.5. The lowest BCUT2D eigenvalue weighted by Gasteiger charge is -2.41. The molecular weight excluding hydrogens is 767 g/mol. The minimum atomic E-state index is -5.12. The van der Waals surface area contributed by atoms with Gasteiger partial charge in [-0.1, -0.05) is 134 Å². The van der Waals surface area contributed by atoms with E-state index in [1.54, 1.807) is 0 Å². The largest absolute Gasteiger partial charge is 0.472 e. The van der Waals surface area contributed by atoms with Crippen molar-refractivity contribution in [1.29, 1.82) is 0 Å². The topological polar surface area (TPSA) is 210 Å². The maximum absolute atomic E-state index is 12.8. The van der Waals surface area contributed by atoms with Crippen LogP contribution in [0, 0.1) is 0 Å². The third kappa shape index (κ3) is 27.2. The van der Waals surface area contributed by atoms with Crippen molar-refractivity contribution in [2.24, 2.45) is 0 Å². The number of unbranched alkanes of at least 4 members (excludes halogenated alkanes) is 21. The number of aliphatic hydroxyl groups is 5. The number of carbonyl (C=O) groups excluding carboxylic acids is 2. The summed E-state index contributed by atoms with van der Waals surface area (Å²) in [4.78, 5) is 35.6. The summed E-state index contributed by atoms with van der Waals surface area (Å²) in [6.45, 7) is 3.26. The lowest BCUT2D eigenvalue weighted by atomic mass is 9.85. The number of rotatable bonds is 37. The van der Waals surface area contributed by atoms with Gasteiger partial charge in [0, 0.05) is 12.8 Å². The minimum Gasteiger partial charge on any atom is -0.462 e. The van der Waals surface area contributed by atoms with Gasteiger partial charge >= 0.3 is 19.8 Å². The van der Waals surface area contributed by atoms with Gasteiger partial charge < -0.3 is 39.9 Å². The molecule has 1 saturated carbocycles. The average Bonchev–Trinajstić information content (AvgIpc) is 3.20. The minimum absolute atomic E-state index is 0.0915. The molecule has 0 heterocycles. The Bertz CT molecular complexity index is 1120. The Morgan fingerprint density at radius 2 is 0.879 bits per heavy atom. The first-order valence-electron chi connectivity index (χ1n) is 22.6. The molecule has 13 nitrogen and oxygen atoms in total. The molecule has 0 aromatic rings. The lowest BCUT2D eigenvalue weighted by Crippen LogP contribution is -2.64. The van der Waals surface area contributed by atoms with Gasteiger partial charge in [0.25, 0.3) is 0 Å². The van der Waals surface area contributed by atoms with Gasteiger partial charge in [0.1, 0.15) is 43.2 Å². The highest BCUT2D eigenvalue weighted by Gasteiger charge is 2.51. The molecule has 1 aliphatic carbocycles. The average molecular weight is 849 g/mol. The number of phosphoric acid groups is 1. The first-order chi connectivity index (χ1) is 27.9. The fraction of sp³-hybridized carbons (Fsp3) is 0.864. The Labute approximate surface area is 349 Å². The number of ether oxygens (including phenoxy) is 2. The fourth-order valence-corrected chi connectivity index (χ4v) is 7.78. The fourth-order valence-electron chi connectivity index (χ4n) is 6.81. The second-order valence-corrected chi connectivity index (χ2v) is 17.3. The Hall–Kier alpha value is -1.67. The first-order valence-corrected chi connectivity index (χ1v) is 24.1. The Morgan fingerprint density at radius 3 is 1.33 bits per heavy atom. The highest BCUT2D eigenvalue weighted by atomic mass is 31.2. The summed E-state index contributed by atoms with van der Waals surface area (Å²) in [6.07, 6.45) is 23.7. The molecule has 58 heavy (non-hydrogen) atoms. The van der Waals surface area contributed by atoms with E-state index >= 15 is 0 Å². The molecule has 0 aromatic carbocycles. The molecule has 14 heteroatoms. The predicted molar refractivity (Wildman–Crippen MR) is 226 cm³/mol. The van der Waals surface area contributed by atoms with Gasteiger partial charge in [-0.2, -0.15) is 0 Å². The monoisotopic (exact) mass is 849 g/mol. The van der Waals surface area contributed by atoms with Crippen LogP contribution in [0.2, 0.25) is 0 Å². The summed E-state index contributed by atoms with van der Waals surface area (Å²) < 4.78 is 33.5. The number of phosphoric ester groups is 1. The summed E-state index contributed by atoms with van der Waals surface area (Å²) in [5.74, 6) is -1.11. The number of hydrogen-bond acceptors (Lipinski definition) is 12. The number of carbonyl (C=O) groups is 2. The van der Waals surface area contributed by atoms with Gasteiger partial charge in [-0.15, -0.1) is 0 Å². The van der Waals surface area contributed by atoms with Crippen molar-refractivity contribution >= 4 is 19.8 Å². The van der Waals surface area contributed by atoms with E-state index in [1.807, 2.05) is 0 Å². The van der Waals surface area contributed by atoms with Crippen LogP contribution in [-0.2, 0) is 32.7 Å². The zero-order valence-corrected chi connectivity index (χ0v) is 36.7. The molecule has 6 N–H and O–H groups in total. The van der Waals surface area contributed by atoms with E-state index in [9.17, 15) is 44.6 Å². The van der Waals surface area contributed by atoms with Crippen molar-refractivity contribution < 1.29 is 63.1 Å². The van der Waals surface area contributed by atoms with E-state index in [-0.39, 0.29) is 12.8 Å². The van der Waals surface area contributed by atoms with E-state index in [1.165, 1.54) is 70.6 Å². The van der Waals surface area contributed by atoms with Crippen molar-refractivity contribution in [2.45, 2.75) is 230 Å². The molecule has 340 valence electrons. The van der Waals surface area contributed by atoms with Gasteiger partial charge in [-0.25, -0.2) is 4.57 Å². The zero-order chi connectivity index (χ0) is 42.9. The first kappa shape index (κ1) is 54.3. The maximum atomic E-state index is 12.8. The van der Waals surface area contributed by atoms with Crippen LogP contribution in [0.1, 0.15) is 187 Å². The van der Waals surface area contributed by atoms with Crippen LogP contribution in [-0.4, -0.2) is 98.3 Å². The molecule has 6 unspecified atom stereocenters. The van der Waals surface area contributed by atoms with Crippen LogP contribution in [0.5, 0.6) is 0 Å². The van der Waals surface area contributed by atoms with E-state index in [0.717, 1.165) is 77.0 Å². The molecule has 0 bridgehead atoms. The van der Waals surface area contributed by atoms with E-state index in [0.29, 0.717) is 12.8 Å². The van der Waals surface area contributed by atoms with Gasteiger partial charge in [0.15, 0.2) is 6.10 Å². The SMILES string of the molecule is CCCCCC/C=C/CCCCCCCCCC(=O)O[C@H](COC(=O)CCCCCCC/C=C/CCCCCCC)COP(=O)(O)OC1C(O)C(O)C(O)[C@H](O)C1O. The van der Waals surface area contributed by atoms with Crippen LogP contribution >= 0.6 is 7.82 Å². The van der Waals surface area contributed by atoms with Crippen LogP contribution in [0.15, 0.2) is 24.3 Å². The molecule has 0 radical (unpaired) electrons. The van der Waals surface area contributed by atoms with Crippen molar-refractivity contribution in [3.8, 4) is 0 Å². The normalized spacial score (nSPS) is 22.7. The van der Waals surface area contributed by atoms with Crippen molar-refractivity contribution in [2.75, 3.05) is 13.2 Å². The quantitative estimate of drug-likeness (QED) is 0.0150. The number of allylic oxidation sites excluding steroid dienone is 4. The van der Waals surface area contributed by atoms with Gasteiger partial charge in [-0.05, 0) is 64.2 Å². The van der Waals surface area contributed by atoms with Crippen LogP contribution < -0.4 is 0 Å². The summed E-state index contributed by atoms with van der Waals surface area (Å²) in [5, 5.41) is 50.1. The molecule has 1 rings (SSSR count). The molecule has 1 fully saturated rings. The molecule has 0 spiro atoms. The molecule has 0 saturated heterocycles. The number of esters is 2. The highest BCUT2D eigenvalue weighted by molar-refractivity contribution is 7.47. The van der Waals surface area contributed by atoms with Crippen LogP contribution in [0.25, 0.3) is 0 Å². The lowest BCUT2D eigenvalue weighted by molar-refractivity contribution is -0.220. The summed E-state index contributed by atoms with van der Waals surface area (Å²) >= 11 is 0. The van der Waals surface area contributed by atoms with E-state index in [4.69, 9.17) is 18.5 Å². The third-order valence-electron chi connectivity index (χ3n) is 10.5. The molecule has 1 aliphatic rings. The maximum Gasteiger partial charge on any atom is 0.472 e. The van der Waals surface area contributed by atoms with Gasteiger partial charge in [0.05, 0.1) is 6.61 Å². The van der Waals surface area contributed by atoms with Crippen LogP contribution in [0.3, 0.4) is 0 Å². The van der Waals surface area contributed by atoms with Crippen molar-refractivity contribution in [1.82, 2.24) is 0 Å². The summed E-state index contributed by atoms with van der Waals surface area (Å²) in [5.41, 5.74) is 0. The Kier molecular flexibility index (Phi) is 32.8. The van der Waals surface area contributed by atoms with Crippen molar-refractivity contribution in [3.05, 3.63) is 24.3 Å². The zero-order valence-electron chi connectivity index (χ0n) is 35.8. The second-order valence-electron chi connectivity index (χ2n) is 15.9. The number of aliphatic hydroxyl groups excluding tert-OH is 5. The molecule has 0 amide bonds.